The maximum atomic E-state index is 13.1. The summed E-state index contributed by atoms with van der Waals surface area (Å²) in [6, 6.07) is 9.81. The van der Waals surface area contributed by atoms with Crippen molar-refractivity contribution in [3.63, 3.8) is 0 Å². The molecule has 1 aromatic carbocycles. The van der Waals surface area contributed by atoms with Crippen molar-refractivity contribution < 1.29 is 9.53 Å². The number of rotatable bonds is 5. The largest absolute Gasteiger partial charge is 0.383 e. The molecule has 1 aliphatic rings. The molecule has 6 heteroatoms. The summed E-state index contributed by atoms with van der Waals surface area (Å²) in [4.78, 5) is 24.0. The number of piperidine rings is 1. The van der Waals surface area contributed by atoms with Crippen LogP contribution in [0.1, 0.15) is 34.9 Å². The highest BCUT2D eigenvalue weighted by Gasteiger charge is 2.28. The van der Waals surface area contributed by atoms with Crippen LogP contribution in [-0.2, 0) is 11.3 Å². The van der Waals surface area contributed by atoms with Gasteiger partial charge in [-0.3, -0.25) is 9.78 Å². The zero-order valence-corrected chi connectivity index (χ0v) is 15.5. The molecule has 140 valence electrons. The topological polar surface area (TPSA) is 60.2 Å². The van der Waals surface area contributed by atoms with Gasteiger partial charge < -0.3 is 14.2 Å². The Hall–Kier alpha value is -2.73. The maximum absolute atomic E-state index is 13.1. The van der Waals surface area contributed by atoms with Gasteiger partial charge in [-0.1, -0.05) is 18.2 Å². The fourth-order valence-corrected chi connectivity index (χ4v) is 3.80. The van der Waals surface area contributed by atoms with E-state index in [1.54, 1.807) is 13.3 Å². The van der Waals surface area contributed by atoms with Gasteiger partial charge in [0.1, 0.15) is 5.82 Å². The molecule has 27 heavy (non-hydrogen) atoms. The minimum absolute atomic E-state index is 0.0490. The van der Waals surface area contributed by atoms with E-state index in [-0.39, 0.29) is 11.8 Å². The Bertz CT molecular complexity index is 937. The minimum Gasteiger partial charge on any atom is -0.383 e. The molecule has 1 fully saturated rings. The third-order valence-electron chi connectivity index (χ3n) is 5.20. The first kappa shape index (κ1) is 17.7. The van der Waals surface area contributed by atoms with Crippen molar-refractivity contribution in [2.45, 2.75) is 25.3 Å². The van der Waals surface area contributed by atoms with Crippen LogP contribution in [0.5, 0.6) is 0 Å². The monoisotopic (exact) mass is 364 g/mol. The molecule has 1 amide bonds. The first-order valence-corrected chi connectivity index (χ1v) is 9.40. The van der Waals surface area contributed by atoms with Gasteiger partial charge in [0.15, 0.2) is 0 Å². The number of nitrogens with zero attached hydrogens (tertiary/aromatic N) is 4. The van der Waals surface area contributed by atoms with Gasteiger partial charge in [0.05, 0.1) is 17.7 Å². The quantitative estimate of drug-likeness (QED) is 0.698. The Morgan fingerprint density at radius 2 is 2.19 bits per heavy atom. The number of imidazole rings is 1. The van der Waals surface area contributed by atoms with Crippen LogP contribution in [0, 0.1) is 0 Å². The Labute approximate surface area is 158 Å². The van der Waals surface area contributed by atoms with Gasteiger partial charge in [0.2, 0.25) is 0 Å². The zero-order chi connectivity index (χ0) is 18.6. The van der Waals surface area contributed by atoms with E-state index in [0.29, 0.717) is 18.7 Å². The van der Waals surface area contributed by atoms with Crippen LogP contribution in [0.25, 0.3) is 10.9 Å². The number of hydrogen-bond donors (Lipinski definition) is 0. The van der Waals surface area contributed by atoms with E-state index in [2.05, 4.69) is 14.5 Å². The van der Waals surface area contributed by atoms with E-state index in [9.17, 15) is 4.79 Å². The van der Waals surface area contributed by atoms with E-state index >= 15 is 0 Å². The molecule has 0 bridgehead atoms. The van der Waals surface area contributed by atoms with Crippen LogP contribution in [0.4, 0.5) is 0 Å². The molecule has 1 aliphatic heterocycles. The van der Waals surface area contributed by atoms with Gasteiger partial charge in [-0.2, -0.15) is 0 Å². The van der Waals surface area contributed by atoms with Gasteiger partial charge in [0.25, 0.3) is 5.91 Å². The van der Waals surface area contributed by atoms with Crippen molar-refractivity contribution in [1.82, 2.24) is 19.4 Å². The Kier molecular flexibility index (Phi) is 5.16. The summed E-state index contributed by atoms with van der Waals surface area (Å²) in [5.74, 6) is 1.34. The number of pyridine rings is 1. The van der Waals surface area contributed by atoms with Crippen LogP contribution in [0.3, 0.4) is 0 Å². The highest BCUT2D eigenvalue weighted by Crippen LogP contribution is 2.27. The highest BCUT2D eigenvalue weighted by molar-refractivity contribution is 5.97. The van der Waals surface area contributed by atoms with Crippen LogP contribution in [0.15, 0.2) is 48.9 Å². The van der Waals surface area contributed by atoms with E-state index in [1.807, 2.05) is 47.6 Å². The number of carbonyl (C=O) groups excluding carboxylic acids is 1. The molecule has 0 spiro atoms. The number of fused-ring (bicyclic) bond motifs is 1. The van der Waals surface area contributed by atoms with E-state index in [1.165, 1.54) is 0 Å². The van der Waals surface area contributed by atoms with Crippen molar-refractivity contribution in [2.75, 3.05) is 26.8 Å². The number of benzene rings is 1. The lowest BCUT2D eigenvalue weighted by Crippen LogP contribution is -2.39. The molecule has 4 rings (SSSR count). The molecule has 0 unspecified atom stereocenters. The first-order valence-electron chi connectivity index (χ1n) is 9.40. The number of para-hydroxylation sites is 1. The van der Waals surface area contributed by atoms with Crippen LogP contribution in [-0.4, -0.2) is 52.1 Å². The second-order valence-corrected chi connectivity index (χ2v) is 6.98. The van der Waals surface area contributed by atoms with Gasteiger partial charge in [0, 0.05) is 56.6 Å². The summed E-state index contributed by atoms with van der Waals surface area (Å²) >= 11 is 0. The summed E-state index contributed by atoms with van der Waals surface area (Å²) in [5.41, 5.74) is 1.56. The summed E-state index contributed by atoms with van der Waals surface area (Å²) in [7, 11) is 1.70. The zero-order valence-electron chi connectivity index (χ0n) is 15.5. The summed E-state index contributed by atoms with van der Waals surface area (Å²) in [6.45, 7) is 2.91. The Morgan fingerprint density at radius 1 is 1.30 bits per heavy atom. The van der Waals surface area contributed by atoms with Crippen molar-refractivity contribution in [3.05, 3.63) is 60.3 Å². The number of likely N-dealkylation sites (tertiary alicyclic amines) is 1. The van der Waals surface area contributed by atoms with Gasteiger partial charge >= 0.3 is 0 Å². The predicted molar refractivity (Wildman–Crippen MR) is 104 cm³/mol. The average molecular weight is 364 g/mol. The van der Waals surface area contributed by atoms with E-state index in [4.69, 9.17) is 4.74 Å². The summed E-state index contributed by atoms with van der Waals surface area (Å²) < 4.78 is 7.33. The molecular formula is C21H24N4O2. The average Bonchev–Trinajstić information content (AvgIpc) is 3.20. The van der Waals surface area contributed by atoms with Gasteiger partial charge in [-0.25, -0.2) is 4.98 Å². The number of ether oxygens (including phenoxy) is 1. The normalized spacial score (nSPS) is 17.4. The molecule has 0 radical (unpaired) electrons. The van der Waals surface area contributed by atoms with Gasteiger partial charge in [-0.05, 0) is 25.0 Å². The number of carbonyl (C=O) groups is 1. The lowest BCUT2D eigenvalue weighted by atomic mass is 9.96. The lowest BCUT2D eigenvalue weighted by Gasteiger charge is -2.32. The molecule has 6 nitrogen and oxygen atoms in total. The molecule has 0 saturated carbocycles. The molecule has 2 aromatic heterocycles. The summed E-state index contributed by atoms with van der Waals surface area (Å²) in [5, 5.41) is 0.993. The Balaban J connectivity index is 1.52. The molecule has 1 saturated heterocycles. The van der Waals surface area contributed by atoms with Crippen LogP contribution in [0.2, 0.25) is 0 Å². The van der Waals surface area contributed by atoms with Crippen LogP contribution < -0.4 is 0 Å². The molecular weight excluding hydrogens is 340 g/mol. The molecule has 0 N–H and O–H groups in total. The number of aromatic nitrogens is 3. The third kappa shape index (κ3) is 3.71. The molecule has 3 heterocycles. The molecule has 0 aliphatic carbocycles. The minimum atomic E-state index is 0.0490. The van der Waals surface area contributed by atoms with Crippen molar-refractivity contribution >= 4 is 16.8 Å². The molecule has 1 atom stereocenters. The SMILES string of the molecule is COCCn1ccnc1[C@@H]1CCCN(C(=O)c2cnc3ccccc3c2)C1. The number of methoxy groups -OCH3 is 1. The number of amides is 1. The second kappa shape index (κ2) is 7.88. The fraction of sp³-hybridized carbons (Fsp3) is 0.381. The van der Waals surface area contributed by atoms with Crippen molar-refractivity contribution in [3.8, 4) is 0 Å². The molecule has 3 aromatic rings. The number of hydrogen-bond acceptors (Lipinski definition) is 4. The lowest BCUT2D eigenvalue weighted by molar-refractivity contribution is 0.0702. The first-order chi connectivity index (χ1) is 13.3. The smallest absolute Gasteiger partial charge is 0.255 e. The van der Waals surface area contributed by atoms with Crippen molar-refractivity contribution in [2.24, 2.45) is 0 Å². The third-order valence-corrected chi connectivity index (χ3v) is 5.20. The Morgan fingerprint density at radius 3 is 3.07 bits per heavy atom. The van der Waals surface area contributed by atoms with Crippen molar-refractivity contribution in [1.29, 1.82) is 0 Å². The fourth-order valence-electron chi connectivity index (χ4n) is 3.80. The summed E-state index contributed by atoms with van der Waals surface area (Å²) in [6.07, 6.45) is 7.54. The standard InChI is InChI=1S/C21H24N4O2/c1-27-12-11-24-10-8-22-20(24)17-6-4-9-25(15-17)21(26)18-13-16-5-2-3-7-19(16)23-14-18/h2-3,5,7-8,10,13-14,17H,4,6,9,11-12,15H2,1H3/t17-/m1/s1. The predicted octanol–water partition coefficient (Wildman–Crippen LogP) is 3.10. The maximum Gasteiger partial charge on any atom is 0.255 e. The van der Waals surface area contributed by atoms with E-state index in [0.717, 1.165) is 42.7 Å². The van der Waals surface area contributed by atoms with Gasteiger partial charge in [-0.15, -0.1) is 0 Å². The van der Waals surface area contributed by atoms with Crippen LogP contribution >= 0.6 is 0 Å². The van der Waals surface area contributed by atoms with E-state index < -0.39 is 0 Å². The second-order valence-electron chi connectivity index (χ2n) is 6.98. The highest BCUT2D eigenvalue weighted by atomic mass is 16.5.